The second-order valence-electron chi connectivity index (χ2n) is 19.6. The maximum atomic E-state index is 12.9. The van der Waals surface area contributed by atoms with Crippen LogP contribution in [-0.4, -0.2) is 62.5 Å². The lowest BCUT2D eigenvalue weighted by Crippen LogP contribution is -2.34. The fourth-order valence-corrected chi connectivity index (χ4v) is 8.94. The standard InChI is InChI=1S/C64H84O12/c1-3-61(65)71-47-25-19-15-11-7-5-9-13-17-23-45-69-55-41-33-53(34-42-55)63(67)75-57-37-29-51(30-38-57)49-73-59-27-21-22-28-60(59)74-50-52-31-39-58(40-32-52)76-64(68)54-35-43-56(44-36-54)70-46-24-18-14-10-6-8-12-16-20-26-48-72-62(66)4-2/h3-4,29-44,59-60H,1-2,5-28,45-50H2/t59-,60-/m1/s1. The molecular formula is C64H84O12. The molecule has 0 aromatic heterocycles. The SMILES string of the molecule is C=CC(=O)OCCCCCCCCCCCCOc1ccc(C(=O)Oc2ccc(CO[C@@H]3CCCC[C@H]3OCc3ccc(OC(=O)c4ccc(OCCCCCCCCCCCCOC(=O)C=C)cc4)cc3)cc2)cc1. The fraction of sp³-hybridized carbons (Fsp3) is 0.500. The van der Waals surface area contributed by atoms with Gasteiger partial charge in [0.25, 0.3) is 0 Å². The average Bonchev–Trinajstić information content (AvgIpc) is 3.45. The van der Waals surface area contributed by atoms with E-state index >= 15 is 0 Å². The Bertz CT molecular complexity index is 2090. The van der Waals surface area contributed by atoms with E-state index in [4.69, 9.17) is 37.9 Å². The highest BCUT2D eigenvalue weighted by Crippen LogP contribution is 2.27. The minimum atomic E-state index is -0.428. The molecule has 412 valence electrons. The molecule has 0 N–H and O–H groups in total. The van der Waals surface area contributed by atoms with Crippen molar-refractivity contribution in [2.45, 2.75) is 180 Å². The monoisotopic (exact) mass is 1040 g/mol. The van der Waals surface area contributed by atoms with E-state index in [0.29, 0.717) is 62.3 Å². The molecule has 0 unspecified atom stereocenters. The van der Waals surface area contributed by atoms with Crippen LogP contribution in [0.2, 0.25) is 0 Å². The highest BCUT2D eigenvalue weighted by atomic mass is 16.6. The Kier molecular flexibility index (Phi) is 29.9. The third-order valence-electron chi connectivity index (χ3n) is 13.5. The first-order valence-electron chi connectivity index (χ1n) is 28.2. The van der Waals surface area contributed by atoms with Gasteiger partial charge in [0.05, 0.1) is 63.0 Å². The van der Waals surface area contributed by atoms with Gasteiger partial charge in [-0.25, -0.2) is 19.2 Å². The Labute approximate surface area is 452 Å². The van der Waals surface area contributed by atoms with Gasteiger partial charge in [0.15, 0.2) is 0 Å². The number of unbranched alkanes of at least 4 members (excludes halogenated alkanes) is 18. The number of hydrogen-bond donors (Lipinski definition) is 0. The summed E-state index contributed by atoms with van der Waals surface area (Å²) in [5.41, 5.74) is 2.86. The van der Waals surface area contributed by atoms with Crippen molar-refractivity contribution in [3.05, 3.63) is 145 Å². The van der Waals surface area contributed by atoms with Crippen molar-refractivity contribution in [2.24, 2.45) is 0 Å². The van der Waals surface area contributed by atoms with Crippen molar-refractivity contribution in [1.29, 1.82) is 0 Å². The van der Waals surface area contributed by atoms with Gasteiger partial charge in [0.1, 0.15) is 23.0 Å². The van der Waals surface area contributed by atoms with E-state index in [1.807, 2.05) is 48.5 Å². The minimum absolute atomic E-state index is 0.0419. The zero-order valence-electron chi connectivity index (χ0n) is 45.1. The molecule has 0 aliphatic heterocycles. The normalized spacial score (nSPS) is 14.1. The summed E-state index contributed by atoms with van der Waals surface area (Å²) in [5.74, 6) is 0.845. The Morgan fingerprint density at radius 2 is 0.671 bits per heavy atom. The van der Waals surface area contributed by atoms with Crippen LogP contribution in [-0.2, 0) is 41.8 Å². The van der Waals surface area contributed by atoms with E-state index in [9.17, 15) is 19.2 Å². The number of ether oxygens (including phenoxy) is 8. The molecular weight excluding hydrogens is 961 g/mol. The number of carbonyl (C=O) groups is 4. The molecule has 1 fully saturated rings. The van der Waals surface area contributed by atoms with Gasteiger partial charge in [0, 0.05) is 12.2 Å². The fourth-order valence-electron chi connectivity index (χ4n) is 8.94. The van der Waals surface area contributed by atoms with Crippen molar-refractivity contribution >= 4 is 23.9 Å². The number of carbonyl (C=O) groups excluding carboxylic acids is 4. The van der Waals surface area contributed by atoms with Crippen LogP contribution in [0.15, 0.2) is 122 Å². The highest BCUT2D eigenvalue weighted by Gasteiger charge is 2.27. The second kappa shape index (κ2) is 37.5. The molecule has 0 saturated heterocycles. The number of hydrogen-bond acceptors (Lipinski definition) is 12. The van der Waals surface area contributed by atoms with Gasteiger partial charge < -0.3 is 37.9 Å². The summed E-state index contributed by atoms with van der Waals surface area (Å²) in [7, 11) is 0. The maximum absolute atomic E-state index is 12.9. The van der Waals surface area contributed by atoms with Crippen molar-refractivity contribution in [3.8, 4) is 23.0 Å². The van der Waals surface area contributed by atoms with Gasteiger partial charge in [-0.15, -0.1) is 0 Å². The zero-order valence-corrected chi connectivity index (χ0v) is 45.1. The lowest BCUT2D eigenvalue weighted by atomic mass is 9.94. The average molecular weight is 1050 g/mol. The van der Waals surface area contributed by atoms with Crippen LogP contribution in [0.1, 0.15) is 186 Å². The summed E-state index contributed by atoms with van der Waals surface area (Å²) in [6, 6.07) is 29.0. The van der Waals surface area contributed by atoms with Crippen LogP contribution in [0.25, 0.3) is 0 Å². The lowest BCUT2D eigenvalue weighted by Gasteiger charge is -2.31. The summed E-state index contributed by atoms with van der Waals surface area (Å²) in [5, 5.41) is 0. The smallest absolute Gasteiger partial charge is 0.343 e. The molecule has 0 spiro atoms. The topological polar surface area (TPSA) is 142 Å². The predicted octanol–water partition coefficient (Wildman–Crippen LogP) is 15.2. The first-order chi connectivity index (χ1) is 37.3. The lowest BCUT2D eigenvalue weighted by molar-refractivity contribution is -0.138. The van der Waals surface area contributed by atoms with E-state index in [1.165, 1.54) is 89.2 Å². The van der Waals surface area contributed by atoms with Gasteiger partial charge in [0.2, 0.25) is 0 Å². The Morgan fingerprint density at radius 1 is 0.382 bits per heavy atom. The van der Waals surface area contributed by atoms with Crippen molar-refractivity contribution in [3.63, 3.8) is 0 Å². The molecule has 76 heavy (non-hydrogen) atoms. The minimum Gasteiger partial charge on any atom is -0.494 e. The maximum Gasteiger partial charge on any atom is 0.343 e. The van der Waals surface area contributed by atoms with Gasteiger partial charge in [-0.1, -0.05) is 153 Å². The van der Waals surface area contributed by atoms with Crippen molar-refractivity contribution in [2.75, 3.05) is 26.4 Å². The molecule has 0 radical (unpaired) electrons. The Hall–Kier alpha value is -6.24. The van der Waals surface area contributed by atoms with Crippen LogP contribution in [0, 0.1) is 0 Å². The predicted molar refractivity (Wildman–Crippen MR) is 297 cm³/mol. The Morgan fingerprint density at radius 3 is 0.987 bits per heavy atom. The highest BCUT2D eigenvalue weighted by molar-refractivity contribution is 5.91. The number of benzene rings is 4. The summed E-state index contributed by atoms with van der Waals surface area (Å²) in [6.45, 7) is 9.88. The summed E-state index contributed by atoms with van der Waals surface area (Å²) < 4.78 is 46.0. The summed E-state index contributed by atoms with van der Waals surface area (Å²) in [6.07, 6.45) is 29.1. The third-order valence-corrected chi connectivity index (χ3v) is 13.5. The zero-order chi connectivity index (χ0) is 53.7. The third kappa shape index (κ3) is 25.5. The Balaban J connectivity index is 0.885. The molecule has 12 heteroatoms. The largest absolute Gasteiger partial charge is 0.494 e. The van der Waals surface area contributed by atoms with Gasteiger partial charge in [-0.3, -0.25) is 0 Å². The molecule has 0 amide bonds. The van der Waals surface area contributed by atoms with E-state index < -0.39 is 11.9 Å². The molecule has 2 atom stereocenters. The van der Waals surface area contributed by atoms with E-state index in [2.05, 4.69) is 13.2 Å². The molecule has 1 aliphatic carbocycles. The van der Waals surface area contributed by atoms with Gasteiger partial charge in [-0.2, -0.15) is 0 Å². The van der Waals surface area contributed by atoms with Crippen LogP contribution >= 0.6 is 0 Å². The summed E-state index contributed by atoms with van der Waals surface area (Å²) >= 11 is 0. The molecule has 4 aromatic rings. The number of esters is 4. The first kappa shape index (κ1) is 60.6. The van der Waals surface area contributed by atoms with E-state index in [0.717, 1.165) is 99.7 Å². The summed E-state index contributed by atoms with van der Waals surface area (Å²) in [4.78, 5) is 48.0. The van der Waals surface area contributed by atoms with Crippen LogP contribution < -0.4 is 18.9 Å². The quantitative estimate of drug-likeness (QED) is 0.0181. The van der Waals surface area contributed by atoms with E-state index in [-0.39, 0.29) is 24.1 Å². The van der Waals surface area contributed by atoms with E-state index in [1.54, 1.807) is 48.5 Å². The molecule has 0 heterocycles. The molecule has 1 saturated carbocycles. The van der Waals surface area contributed by atoms with Crippen molar-refractivity contribution < 1.29 is 57.1 Å². The van der Waals surface area contributed by atoms with Gasteiger partial charge in [-0.05, 0) is 122 Å². The van der Waals surface area contributed by atoms with Crippen LogP contribution in [0.5, 0.6) is 23.0 Å². The van der Waals surface area contributed by atoms with Crippen LogP contribution in [0.3, 0.4) is 0 Å². The molecule has 12 nitrogen and oxygen atoms in total. The molecule has 5 rings (SSSR count). The molecule has 1 aliphatic rings. The molecule has 0 bridgehead atoms. The molecule has 4 aromatic carbocycles. The number of rotatable bonds is 40. The van der Waals surface area contributed by atoms with Gasteiger partial charge >= 0.3 is 23.9 Å². The van der Waals surface area contributed by atoms with Crippen molar-refractivity contribution in [1.82, 2.24) is 0 Å². The first-order valence-corrected chi connectivity index (χ1v) is 28.2. The van der Waals surface area contributed by atoms with Crippen LogP contribution in [0.4, 0.5) is 0 Å². The second-order valence-corrected chi connectivity index (χ2v) is 19.6.